The van der Waals surface area contributed by atoms with Gasteiger partial charge in [-0.3, -0.25) is 4.79 Å². The van der Waals surface area contributed by atoms with Crippen molar-refractivity contribution in [3.8, 4) is 0 Å². The lowest BCUT2D eigenvalue weighted by molar-refractivity contribution is 0.361. The van der Waals surface area contributed by atoms with Crippen LogP contribution in [-0.2, 0) is 6.54 Å². The lowest BCUT2D eigenvalue weighted by Crippen LogP contribution is -2.26. The van der Waals surface area contributed by atoms with Crippen LogP contribution in [0.4, 0.5) is 10.1 Å². The SMILES string of the molecule is Cc1c(N)cnn(Cc2nc(/C=C/c3ccc(Cl)c(F)c3)no2)c1=O. The Hall–Kier alpha value is -3.00. The summed E-state index contributed by atoms with van der Waals surface area (Å²) in [6, 6.07) is 4.41. The molecule has 0 unspecified atom stereocenters. The second-order valence-electron chi connectivity index (χ2n) is 5.24. The van der Waals surface area contributed by atoms with E-state index in [4.69, 9.17) is 21.9 Å². The van der Waals surface area contributed by atoms with Gasteiger partial charge in [0.25, 0.3) is 5.56 Å². The Bertz CT molecular complexity index is 1010. The van der Waals surface area contributed by atoms with E-state index in [1.807, 2.05) is 0 Å². The molecule has 3 rings (SSSR count). The van der Waals surface area contributed by atoms with Gasteiger partial charge >= 0.3 is 0 Å². The molecule has 2 N–H and O–H groups in total. The van der Waals surface area contributed by atoms with E-state index in [1.165, 1.54) is 23.0 Å². The minimum Gasteiger partial charge on any atom is -0.397 e. The molecular weight excluding hydrogens is 349 g/mol. The van der Waals surface area contributed by atoms with E-state index >= 15 is 0 Å². The van der Waals surface area contributed by atoms with Gasteiger partial charge in [-0.1, -0.05) is 28.9 Å². The Kier molecular flexibility index (Phi) is 4.62. The van der Waals surface area contributed by atoms with Gasteiger partial charge in [-0.15, -0.1) is 0 Å². The van der Waals surface area contributed by atoms with Gasteiger partial charge in [0.05, 0.1) is 16.9 Å². The monoisotopic (exact) mass is 361 g/mol. The predicted octanol–water partition coefficient (Wildman–Crippen LogP) is 2.53. The van der Waals surface area contributed by atoms with Crippen molar-refractivity contribution in [1.29, 1.82) is 0 Å². The van der Waals surface area contributed by atoms with Crippen LogP contribution in [-0.4, -0.2) is 19.9 Å². The number of halogens is 2. The number of rotatable bonds is 4. The summed E-state index contributed by atoms with van der Waals surface area (Å²) < 4.78 is 19.7. The van der Waals surface area contributed by atoms with Crippen molar-refractivity contribution >= 4 is 29.4 Å². The second-order valence-corrected chi connectivity index (χ2v) is 5.65. The highest BCUT2D eigenvalue weighted by molar-refractivity contribution is 6.30. The molecule has 1 aromatic carbocycles. The van der Waals surface area contributed by atoms with Crippen LogP contribution in [0.2, 0.25) is 5.02 Å². The molecule has 0 aliphatic carbocycles. The highest BCUT2D eigenvalue weighted by Crippen LogP contribution is 2.17. The van der Waals surface area contributed by atoms with Crippen LogP contribution in [0.5, 0.6) is 0 Å². The van der Waals surface area contributed by atoms with Crippen molar-refractivity contribution in [2.24, 2.45) is 0 Å². The van der Waals surface area contributed by atoms with Gasteiger partial charge in [0, 0.05) is 5.56 Å². The van der Waals surface area contributed by atoms with E-state index in [0.717, 1.165) is 0 Å². The summed E-state index contributed by atoms with van der Waals surface area (Å²) in [6.45, 7) is 1.64. The molecule has 0 radical (unpaired) electrons. The van der Waals surface area contributed by atoms with Crippen LogP contribution in [0, 0.1) is 12.7 Å². The molecule has 0 amide bonds. The molecule has 0 aliphatic heterocycles. The van der Waals surface area contributed by atoms with Crippen molar-refractivity contribution in [2.45, 2.75) is 13.5 Å². The fraction of sp³-hybridized carbons (Fsp3) is 0.125. The topological polar surface area (TPSA) is 99.8 Å². The maximum absolute atomic E-state index is 13.4. The molecular formula is C16H13ClFN5O2. The summed E-state index contributed by atoms with van der Waals surface area (Å²) in [5.74, 6) is -0.0203. The van der Waals surface area contributed by atoms with E-state index in [0.29, 0.717) is 16.8 Å². The fourth-order valence-electron chi connectivity index (χ4n) is 2.03. The Balaban J connectivity index is 1.76. The number of aromatic nitrogens is 4. The lowest BCUT2D eigenvalue weighted by atomic mass is 10.2. The highest BCUT2D eigenvalue weighted by Gasteiger charge is 2.10. The molecule has 3 aromatic rings. The van der Waals surface area contributed by atoms with Crippen LogP contribution in [0.3, 0.4) is 0 Å². The quantitative estimate of drug-likeness (QED) is 0.766. The van der Waals surface area contributed by atoms with Gasteiger partial charge < -0.3 is 10.3 Å². The van der Waals surface area contributed by atoms with Crippen molar-refractivity contribution in [1.82, 2.24) is 19.9 Å². The second kappa shape index (κ2) is 6.86. The summed E-state index contributed by atoms with van der Waals surface area (Å²) in [5.41, 5.74) is 6.63. The van der Waals surface area contributed by atoms with Gasteiger partial charge in [0.15, 0.2) is 5.82 Å². The number of anilines is 1. The van der Waals surface area contributed by atoms with E-state index in [-0.39, 0.29) is 28.8 Å². The van der Waals surface area contributed by atoms with Gasteiger partial charge in [0.1, 0.15) is 12.4 Å². The maximum Gasteiger partial charge on any atom is 0.272 e. The third kappa shape index (κ3) is 3.74. The number of hydrogen-bond acceptors (Lipinski definition) is 6. The van der Waals surface area contributed by atoms with E-state index in [1.54, 1.807) is 25.1 Å². The molecule has 25 heavy (non-hydrogen) atoms. The highest BCUT2D eigenvalue weighted by atomic mass is 35.5. The van der Waals surface area contributed by atoms with Crippen LogP contribution in [0.1, 0.15) is 22.8 Å². The van der Waals surface area contributed by atoms with Crippen LogP contribution < -0.4 is 11.3 Å². The predicted molar refractivity (Wildman–Crippen MR) is 91.4 cm³/mol. The summed E-state index contributed by atoms with van der Waals surface area (Å²) in [6.07, 6.45) is 4.56. The van der Waals surface area contributed by atoms with E-state index < -0.39 is 5.82 Å². The molecule has 2 heterocycles. The first-order valence-corrected chi connectivity index (χ1v) is 7.60. The van der Waals surface area contributed by atoms with Crippen LogP contribution >= 0.6 is 11.6 Å². The minimum atomic E-state index is -0.512. The number of nitrogens with two attached hydrogens (primary N) is 1. The molecule has 128 valence electrons. The Morgan fingerprint density at radius 2 is 2.20 bits per heavy atom. The average molecular weight is 362 g/mol. The minimum absolute atomic E-state index is 0.0242. The van der Waals surface area contributed by atoms with Crippen molar-refractivity contribution in [2.75, 3.05) is 5.73 Å². The van der Waals surface area contributed by atoms with Crippen molar-refractivity contribution in [3.63, 3.8) is 0 Å². The lowest BCUT2D eigenvalue weighted by Gasteiger charge is -2.03. The van der Waals surface area contributed by atoms with Gasteiger partial charge in [-0.05, 0) is 30.7 Å². The number of benzene rings is 1. The first kappa shape index (κ1) is 16.8. The normalized spacial score (nSPS) is 11.3. The first-order valence-electron chi connectivity index (χ1n) is 7.22. The van der Waals surface area contributed by atoms with E-state index in [9.17, 15) is 9.18 Å². The molecule has 0 aliphatic rings. The van der Waals surface area contributed by atoms with Gasteiger partial charge in [-0.25, -0.2) is 9.07 Å². The summed E-state index contributed by atoms with van der Waals surface area (Å²) in [5, 5.41) is 7.76. The molecule has 2 aromatic heterocycles. The summed E-state index contributed by atoms with van der Waals surface area (Å²) in [7, 11) is 0. The molecule has 0 saturated carbocycles. The zero-order valence-electron chi connectivity index (χ0n) is 13.1. The average Bonchev–Trinajstić information content (AvgIpc) is 3.04. The molecule has 9 heteroatoms. The first-order chi connectivity index (χ1) is 11.9. The maximum atomic E-state index is 13.4. The van der Waals surface area contributed by atoms with Crippen molar-refractivity contribution < 1.29 is 8.91 Å². The Morgan fingerprint density at radius 3 is 2.96 bits per heavy atom. The van der Waals surface area contributed by atoms with Crippen LogP contribution in [0.25, 0.3) is 12.2 Å². The Labute approximate surface area is 146 Å². The largest absolute Gasteiger partial charge is 0.397 e. The molecule has 0 bridgehead atoms. The zero-order valence-corrected chi connectivity index (χ0v) is 13.9. The molecule has 7 nitrogen and oxygen atoms in total. The fourth-order valence-corrected chi connectivity index (χ4v) is 2.14. The molecule has 0 atom stereocenters. The van der Waals surface area contributed by atoms with Gasteiger partial charge in [0.2, 0.25) is 5.89 Å². The smallest absolute Gasteiger partial charge is 0.272 e. The summed E-state index contributed by atoms with van der Waals surface area (Å²) in [4.78, 5) is 16.2. The molecule has 0 saturated heterocycles. The third-order valence-electron chi connectivity index (χ3n) is 3.46. The van der Waals surface area contributed by atoms with E-state index in [2.05, 4.69) is 15.2 Å². The zero-order chi connectivity index (χ0) is 18.0. The number of nitrogens with zero attached hydrogens (tertiary/aromatic N) is 4. The summed E-state index contributed by atoms with van der Waals surface area (Å²) >= 11 is 5.63. The third-order valence-corrected chi connectivity index (χ3v) is 3.77. The number of nitrogen functional groups attached to an aromatic ring is 1. The molecule has 0 spiro atoms. The van der Waals surface area contributed by atoms with Crippen molar-refractivity contribution in [3.05, 3.63) is 68.4 Å². The number of hydrogen-bond donors (Lipinski definition) is 1. The van der Waals surface area contributed by atoms with Crippen LogP contribution in [0.15, 0.2) is 33.7 Å². The Morgan fingerprint density at radius 1 is 1.40 bits per heavy atom. The standard InChI is InChI=1S/C16H13ClFN5O2/c1-9-13(19)7-20-23(16(9)24)8-15-21-14(22-25-15)5-3-10-2-4-11(17)12(18)6-10/h2-7H,8,19H2,1H3/b5-3+. The molecule has 0 fully saturated rings. The van der Waals surface area contributed by atoms with Gasteiger partial charge in [-0.2, -0.15) is 10.1 Å².